The first-order valence-corrected chi connectivity index (χ1v) is 7.54. The molecule has 24 heavy (non-hydrogen) atoms. The van der Waals surface area contributed by atoms with Crippen molar-refractivity contribution in [3.05, 3.63) is 66.2 Å². The number of hydrogen-bond donors (Lipinski definition) is 2. The first kappa shape index (κ1) is 14.2. The van der Waals surface area contributed by atoms with Crippen molar-refractivity contribution < 1.29 is 5.11 Å². The summed E-state index contributed by atoms with van der Waals surface area (Å²) in [6, 6.07) is 18.9. The number of fused-ring (bicyclic) bond motifs is 1. The maximum Gasteiger partial charge on any atom is 0.174 e. The Labute approximate surface area is 138 Å². The summed E-state index contributed by atoms with van der Waals surface area (Å²) in [5.74, 6) is 0.505. The third kappa shape index (κ3) is 2.44. The van der Waals surface area contributed by atoms with Gasteiger partial charge in [0, 0.05) is 5.56 Å². The fourth-order valence-electron chi connectivity index (χ4n) is 2.69. The largest absolute Gasteiger partial charge is 0.507 e. The predicted molar refractivity (Wildman–Crippen MR) is 92.4 cm³/mol. The quantitative estimate of drug-likeness (QED) is 0.606. The Morgan fingerprint density at radius 2 is 1.71 bits per heavy atom. The summed E-state index contributed by atoms with van der Waals surface area (Å²) in [5.41, 5.74) is 9.62. The summed E-state index contributed by atoms with van der Waals surface area (Å²) in [6.07, 6.45) is 0. The highest BCUT2D eigenvalue weighted by atomic mass is 16.3. The van der Waals surface area contributed by atoms with Gasteiger partial charge < -0.3 is 10.8 Å². The van der Waals surface area contributed by atoms with Gasteiger partial charge in [0.25, 0.3) is 0 Å². The predicted octanol–water partition coefficient (Wildman–Crippen LogP) is 2.83. The molecular weight excluding hydrogens is 302 g/mol. The minimum absolute atomic E-state index is 0.160. The number of hydrogen-bond acceptors (Lipinski definition) is 5. The fourth-order valence-corrected chi connectivity index (χ4v) is 2.69. The molecule has 6 nitrogen and oxygen atoms in total. The number of nitrogens with two attached hydrogens (primary N) is 1. The van der Waals surface area contributed by atoms with Gasteiger partial charge in [0.15, 0.2) is 11.3 Å². The van der Waals surface area contributed by atoms with Crippen molar-refractivity contribution in [2.45, 2.75) is 6.54 Å². The molecule has 2 aromatic carbocycles. The van der Waals surface area contributed by atoms with Crippen LogP contribution >= 0.6 is 0 Å². The number of phenols is 1. The van der Waals surface area contributed by atoms with Crippen LogP contribution in [0.2, 0.25) is 0 Å². The maximum absolute atomic E-state index is 10.0. The van der Waals surface area contributed by atoms with Crippen LogP contribution in [0.5, 0.6) is 5.75 Å². The number of phenolic OH excluding ortho intramolecular Hbond substituents is 1. The molecule has 0 aliphatic carbocycles. The normalized spacial score (nSPS) is 11.0. The average Bonchev–Trinajstić information content (AvgIpc) is 2.91. The van der Waals surface area contributed by atoms with E-state index in [1.54, 1.807) is 22.9 Å². The molecule has 2 aromatic heterocycles. The molecule has 0 atom stereocenters. The van der Waals surface area contributed by atoms with Gasteiger partial charge in [0.2, 0.25) is 0 Å². The first-order valence-electron chi connectivity index (χ1n) is 7.54. The van der Waals surface area contributed by atoms with Crippen molar-refractivity contribution in [2.75, 3.05) is 5.73 Å². The van der Waals surface area contributed by atoms with Crippen LogP contribution in [-0.4, -0.2) is 25.1 Å². The molecule has 6 heteroatoms. The molecule has 0 saturated heterocycles. The van der Waals surface area contributed by atoms with E-state index in [0.29, 0.717) is 29.1 Å². The Hall–Kier alpha value is -3.41. The molecule has 0 saturated carbocycles. The van der Waals surface area contributed by atoms with E-state index in [0.717, 1.165) is 11.1 Å². The Balaban J connectivity index is 1.84. The molecule has 2 heterocycles. The van der Waals surface area contributed by atoms with E-state index in [-0.39, 0.29) is 5.75 Å². The zero-order valence-corrected chi connectivity index (χ0v) is 12.8. The second-order valence-corrected chi connectivity index (χ2v) is 5.51. The molecule has 0 radical (unpaired) electrons. The maximum atomic E-state index is 10.0. The van der Waals surface area contributed by atoms with Gasteiger partial charge in [-0.15, -0.1) is 10.2 Å². The molecule has 0 spiro atoms. The van der Waals surface area contributed by atoms with Crippen LogP contribution < -0.4 is 5.73 Å². The van der Waals surface area contributed by atoms with E-state index in [9.17, 15) is 5.11 Å². The van der Waals surface area contributed by atoms with Gasteiger partial charge in [-0.3, -0.25) is 4.68 Å². The number of para-hydroxylation sites is 1. The SMILES string of the molecule is Nc1nn(Cc2ccccc2)c2cc(-c3ccccc3O)nnc12. The lowest BCUT2D eigenvalue weighted by atomic mass is 10.1. The number of aromatic nitrogens is 4. The number of aromatic hydroxyl groups is 1. The van der Waals surface area contributed by atoms with Crippen LogP contribution in [0, 0.1) is 0 Å². The van der Waals surface area contributed by atoms with Crippen LogP contribution in [0.1, 0.15) is 5.56 Å². The number of benzene rings is 2. The number of nitrogen functional groups attached to an aromatic ring is 1. The summed E-state index contributed by atoms with van der Waals surface area (Å²) < 4.78 is 1.80. The lowest BCUT2D eigenvalue weighted by Crippen LogP contribution is -2.02. The average molecular weight is 317 g/mol. The van der Waals surface area contributed by atoms with E-state index in [2.05, 4.69) is 15.3 Å². The lowest BCUT2D eigenvalue weighted by molar-refractivity contribution is 0.477. The first-order chi connectivity index (χ1) is 11.7. The van der Waals surface area contributed by atoms with Crippen LogP contribution in [0.3, 0.4) is 0 Å². The Kier molecular flexibility index (Phi) is 3.35. The molecule has 0 bridgehead atoms. The second kappa shape index (κ2) is 5.66. The number of anilines is 1. The summed E-state index contributed by atoms with van der Waals surface area (Å²) in [5, 5.41) is 22.8. The molecule has 0 aliphatic heterocycles. The van der Waals surface area contributed by atoms with E-state index >= 15 is 0 Å². The van der Waals surface area contributed by atoms with Crippen molar-refractivity contribution in [3.63, 3.8) is 0 Å². The Morgan fingerprint density at radius 3 is 2.50 bits per heavy atom. The van der Waals surface area contributed by atoms with Crippen LogP contribution in [0.25, 0.3) is 22.3 Å². The third-order valence-electron chi connectivity index (χ3n) is 3.88. The van der Waals surface area contributed by atoms with Crippen molar-refractivity contribution in [2.24, 2.45) is 0 Å². The number of rotatable bonds is 3. The monoisotopic (exact) mass is 317 g/mol. The van der Waals surface area contributed by atoms with E-state index in [1.165, 1.54) is 0 Å². The molecule has 0 amide bonds. The number of nitrogens with zero attached hydrogens (tertiary/aromatic N) is 4. The zero-order chi connectivity index (χ0) is 16.5. The van der Waals surface area contributed by atoms with Gasteiger partial charge in [0.05, 0.1) is 17.8 Å². The van der Waals surface area contributed by atoms with Gasteiger partial charge in [-0.05, 0) is 23.8 Å². The smallest absolute Gasteiger partial charge is 0.174 e. The van der Waals surface area contributed by atoms with Gasteiger partial charge in [0.1, 0.15) is 5.75 Å². The Morgan fingerprint density at radius 1 is 0.958 bits per heavy atom. The third-order valence-corrected chi connectivity index (χ3v) is 3.88. The van der Waals surface area contributed by atoms with Gasteiger partial charge in [-0.1, -0.05) is 42.5 Å². The van der Waals surface area contributed by atoms with Crippen LogP contribution in [0.4, 0.5) is 5.82 Å². The van der Waals surface area contributed by atoms with Crippen molar-refractivity contribution in [1.29, 1.82) is 0 Å². The van der Waals surface area contributed by atoms with Crippen molar-refractivity contribution >= 4 is 16.9 Å². The van der Waals surface area contributed by atoms with Crippen molar-refractivity contribution in [3.8, 4) is 17.0 Å². The summed E-state index contributed by atoms with van der Waals surface area (Å²) in [4.78, 5) is 0. The lowest BCUT2D eigenvalue weighted by Gasteiger charge is -2.05. The second-order valence-electron chi connectivity index (χ2n) is 5.51. The Bertz CT molecular complexity index is 1010. The van der Waals surface area contributed by atoms with Crippen LogP contribution in [-0.2, 0) is 6.54 Å². The zero-order valence-electron chi connectivity index (χ0n) is 12.8. The molecule has 0 fully saturated rings. The van der Waals surface area contributed by atoms with Gasteiger partial charge in [-0.25, -0.2) is 0 Å². The highest BCUT2D eigenvalue weighted by Gasteiger charge is 2.14. The molecule has 0 aliphatic rings. The van der Waals surface area contributed by atoms with Gasteiger partial charge in [-0.2, -0.15) is 5.10 Å². The summed E-state index contributed by atoms with van der Waals surface area (Å²) in [7, 11) is 0. The minimum atomic E-state index is 0.160. The van der Waals surface area contributed by atoms with Crippen molar-refractivity contribution in [1.82, 2.24) is 20.0 Å². The fraction of sp³-hybridized carbons (Fsp3) is 0.0556. The summed E-state index contributed by atoms with van der Waals surface area (Å²) >= 11 is 0. The standard InChI is InChI=1S/C18H15N5O/c19-18-17-15(23(22-18)11-12-6-2-1-3-7-12)10-14(20-21-17)13-8-4-5-9-16(13)24/h1-10,24H,11H2,(H2,19,22). The molecular formula is C18H15N5O. The van der Waals surface area contributed by atoms with Crippen LogP contribution in [0.15, 0.2) is 60.7 Å². The molecule has 4 rings (SSSR count). The molecule has 118 valence electrons. The molecule has 0 unspecified atom stereocenters. The van der Waals surface area contributed by atoms with Gasteiger partial charge >= 0.3 is 0 Å². The van der Waals surface area contributed by atoms with E-state index in [1.807, 2.05) is 42.5 Å². The summed E-state index contributed by atoms with van der Waals surface area (Å²) in [6.45, 7) is 0.584. The topological polar surface area (TPSA) is 89.8 Å². The molecule has 4 aromatic rings. The highest BCUT2D eigenvalue weighted by molar-refractivity contribution is 5.87. The van der Waals surface area contributed by atoms with E-state index in [4.69, 9.17) is 5.73 Å². The van der Waals surface area contributed by atoms with E-state index < -0.39 is 0 Å². The molecule has 3 N–H and O–H groups in total. The highest BCUT2D eigenvalue weighted by Crippen LogP contribution is 2.29. The minimum Gasteiger partial charge on any atom is -0.507 e.